The number of hydrogen-bond acceptors (Lipinski definition) is 15. The molecule has 450 valence electrons. The molecule has 14 nitrogen and oxygen atoms in total. The molecule has 85 heavy (non-hydrogen) atoms. The Balaban J connectivity index is 0.000000154. The molecule has 6 heterocycles. The van der Waals surface area contributed by atoms with Crippen molar-refractivity contribution in [3.05, 3.63) is 143 Å². The van der Waals surface area contributed by atoms with Crippen molar-refractivity contribution < 1.29 is 19.1 Å². The molecule has 1 atom stereocenters. The summed E-state index contributed by atoms with van der Waals surface area (Å²) in [5, 5.41) is 11.9. The average Bonchev–Trinajstić information content (AvgIpc) is 2.22. The van der Waals surface area contributed by atoms with Gasteiger partial charge in [-0.3, -0.25) is 29.2 Å². The number of nitrogens with zero attached hydrogens (tertiary/aromatic N) is 10. The topological polar surface area (TPSA) is 123 Å². The van der Waals surface area contributed by atoms with E-state index in [2.05, 4.69) is 85.7 Å². The van der Waals surface area contributed by atoms with Gasteiger partial charge < -0.3 is 34.1 Å². The van der Waals surface area contributed by atoms with Crippen LogP contribution in [0.3, 0.4) is 0 Å². The number of thiocarbonyl (C=S) groups is 3. The van der Waals surface area contributed by atoms with Crippen LogP contribution < -0.4 is 4.74 Å². The van der Waals surface area contributed by atoms with Crippen LogP contribution in [0.5, 0.6) is 5.75 Å². The molecule has 4 saturated heterocycles. The van der Waals surface area contributed by atoms with Crippen molar-refractivity contribution in [1.29, 1.82) is 5.26 Å². The lowest BCUT2D eigenvalue weighted by Crippen LogP contribution is -2.51. The zero-order valence-corrected chi connectivity index (χ0v) is 54.8. The molecule has 0 N–H and O–H groups in total. The molecule has 5 aromatic carbocycles. The van der Waals surface area contributed by atoms with Crippen molar-refractivity contribution in [3.63, 3.8) is 0 Å². The van der Waals surface area contributed by atoms with E-state index in [1.165, 1.54) is 4.90 Å². The van der Waals surface area contributed by atoms with Gasteiger partial charge in [-0.2, -0.15) is 5.26 Å². The highest BCUT2D eigenvalue weighted by atomic mass is 32.2. The number of aliphatic imine (C=N–C) groups is 1. The fraction of sp³-hybridized carbons (Fsp3) is 0.446. The lowest BCUT2D eigenvalue weighted by molar-refractivity contribution is 0.0583. The van der Waals surface area contributed by atoms with Gasteiger partial charge in [-0.05, 0) is 99.5 Å². The summed E-state index contributed by atoms with van der Waals surface area (Å²) in [6, 6.07) is 38.1. The number of ether oxygens (including phenoxy) is 1. The Morgan fingerprint density at radius 2 is 1.19 bits per heavy atom. The minimum absolute atomic E-state index is 0.102. The highest BCUT2D eigenvalue weighted by Gasteiger charge is 2.36. The Hall–Kier alpha value is -5.47. The molecule has 0 saturated carbocycles. The fourth-order valence-electron chi connectivity index (χ4n) is 11.2. The van der Waals surface area contributed by atoms with Gasteiger partial charge in [0.05, 0.1) is 30.0 Å². The molecule has 0 bridgehead atoms. The molecule has 0 radical (unpaired) electrons. The van der Waals surface area contributed by atoms with Crippen molar-refractivity contribution in [2.75, 3.05) is 137 Å². The Morgan fingerprint density at radius 1 is 0.659 bits per heavy atom. The van der Waals surface area contributed by atoms with E-state index in [1.807, 2.05) is 115 Å². The number of amides is 3. The monoisotopic (exact) mass is 1260 g/mol. The summed E-state index contributed by atoms with van der Waals surface area (Å²) in [6.45, 7) is 18.8. The highest BCUT2D eigenvalue weighted by Crippen LogP contribution is 2.38. The number of imide groups is 1. The molecule has 0 spiro atoms. The predicted octanol–water partition coefficient (Wildman–Crippen LogP) is 10.8. The first kappa shape index (κ1) is 65.5. The summed E-state index contributed by atoms with van der Waals surface area (Å²) < 4.78 is 8.65. The van der Waals surface area contributed by atoms with Crippen LogP contribution in [-0.2, 0) is 5.41 Å². The van der Waals surface area contributed by atoms with Gasteiger partial charge in [0, 0.05) is 133 Å². The zero-order valence-electron chi connectivity index (χ0n) is 50.0. The second kappa shape index (κ2) is 32.0. The van der Waals surface area contributed by atoms with Gasteiger partial charge in [-0.1, -0.05) is 140 Å². The van der Waals surface area contributed by atoms with Crippen LogP contribution in [-0.4, -0.2) is 219 Å². The van der Waals surface area contributed by atoms with E-state index in [0.29, 0.717) is 36.4 Å². The standard InChI is InChI=1S/C22H25N3S2.C20H21N3O2S2.C16H20N2O2.C7H14N2S2/c1-24-13-15-25(16-14-24)21(26)27-17-12-22(18-23,19-8-4-2-5-9-19)20-10-6-3-7-11-20;1-27-20(26)22-11-8-21(9-12-22)10-13-23-18(24)15-6-2-4-14-5-3-7-16(17(14)15)19(23)25;1-3-7-20-15-9-14-13(8-11(15)2)16(19)18-6-4-5-12(18)10-17-14;1-8-3-5-9(6-4-8)7(10)11-2/h2-11H,12-17H2,1H3;2-7H,8-13H2,1H3;8-10,12H,3-7H2,1-2H3;3-6H2,1-2H3/t;;12-;/m..0./s1. The molecular weight excluding hydrogens is 1180 g/mol. The van der Waals surface area contributed by atoms with Gasteiger partial charge in [0.1, 0.15) is 24.1 Å². The predicted molar refractivity (Wildman–Crippen MR) is 366 cm³/mol. The molecule has 6 aliphatic rings. The molecule has 3 amide bonds. The van der Waals surface area contributed by atoms with Crippen LogP contribution in [0.25, 0.3) is 10.8 Å². The lowest BCUT2D eigenvalue weighted by Gasteiger charge is -2.36. The van der Waals surface area contributed by atoms with E-state index in [1.54, 1.807) is 35.3 Å². The normalized spacial score (nSPS) is 18.0. The van der Waals surface area contributed by atoms with Gasteiger partial charge in [0.15, 0.2) is 0 Å². The smallest absolute Gasteiger partial charge is 0.261 e. The third kappa shape index (κ3) is 16.6. The lowest BCUT2D eigenvalue weighted by atomic mass is 9.74. The Morgan fingerprint density at radius 3 is 1.71 bits per heavy atom. The molecule has 5 aromatic rings. The summed E-state index contributed by atoms with van der Waals surface area (Å²) >= 11 is 21.2. The van der Waals surface area contributed by atoms with Crippen LogP contribution in [0.1, 0.15) is 80.4 Å². The zero-order chi connectivity index (χ0) is 60.5. The number of aryl methyl sites for hydroxylation is 1. The fourth-order valence-corrected chi connectivity index (χ4v) is 13.9. The van der Waals surface area contributed by atoms with E-state index in [4.69, 9.17) is 41.4 Å². The largest absolute Gasteiger partial charge is 0.493 e. The van der Waals surface area contributed by atoms with Crippen LogP contribution in [0.15, 0.2) is 114 Å². The second-order valence-corrected chi connectivity index (χ2v) is 26.5. The number of likely N-dealkylation sites (N-methyl/N-ethyl adjacent to an activating group) is 2. The quantitative estimate of drug-likeness (QED) is 0.0920. The van der Waals surface area contributed by atoms with Gasteiger partial charge in [-0.25, -0.2) is 0 Å². The molecule has 11 rings (SSSR count). The summed E-state index contributed by atoms with van der Waals surface area (Å²) in [7, 11) is 4.30. The van der Waals surface area contributed by atoms with Crippen molar-refractivity contribution in [2.45, 2.75) is 51.0 Å². The molecule has 6 aliphatic heterocycles. The minimum atomic E-state index is -0.646. The highest BCUT2D eigenvalue weighted by molar-refractivity contribution is 8.23. The van der Waals surface area contributed by atoms with E-state index in [9.17, 15) is 19.6 Å². The number of nitriles is 1. The van der Waals surface area contributed by atoms with Crippen LogP contribution in [0, 0.1) is 18.3 Å². The Labute approximate surface area is 532 Å². The third-order valence-corrected chi connectivity index (χ3v) is 20.6. The number of rotatable bonds is 11. The van der Waals surface area contributed by atoms with E-state index in [-0.39, 0.29) is 23.8 Å². The van der Waals surface area contributed by atoms with Crippen LogP contribution >= 0.6 is 71.9 Å². The SMILES string of the molecule is CCCOc1cc2c(cc1C)C(=O)N1CCC[C@H]1C=N2.CN1CCN(C(=S)SCCC(C#N)(c2ccccc2)c2ccccc2)CC1.CSC(=S)N1CCN(C)CC1.CSC(=S)N1CCN(CCN2C(=O)c3cccc4cccc(c34)C2=O)CC1. The summed E-state index contributed by atoms with van der Waals surface area (Å²) in [4.78, 5) is 60.0. The Kier molecular flexibility index (Phi) is 24.6. The third-order valence-electron chi connectivity index (χ3n) is 16.4. The molecule has 0 aromatic heterocycles. The summed E-state index contributed by atoms with van der Waals surface area (Å²) in [5.74, 6) is 1.38. The van der Waals surface area contributed by atoms with Crippen molar-refractivity contribution >= 4 is 125 Å². The maximum Gasteiger partial charge on any atom is 0.261 e. The summed E-state index contributed by atoms with van der Waals surface area (Å²) in [6.07, 6.45) is 9.73. The second-order valence-electron chi connectivity index (χ2n) is 21.9. The number of hydrogen-bond donors (Lipinski definition) is 0. The number of benzene rings is 5. The molecular formula is C65H80N10O4S6. The summed E-state index contributed by atoms with van der Waals surface area (Å²) in [5.41, 5.74) is 5.13. The average molecular weight is 1260 g/mol. The van der Waals surface area contributed by atoms with Crippen LogP contribution in [0.2, 0.25) is 0 Å². The number of carbonyl (C=O) groups is 3. The molecule has 4 fully saturated rings. The molecule has 0 aliphatic carbocycles. The molecule has 0 unspecified atom stereocenters. The number of carbonyl (C=O) groups excluding carboxylic acids is 3. The van der Waals surface area contributed by atoms with E-state index in [0.717, 1.165) is 168 Å². The van der Waals surface area contributed by atoms with Crippen LogP contribution in [0.4, 0.5) is 5.69 Å². The maximum absolute atomic E-state index is 12.9. The first-order valence-electron chi connectivity index (χ1n) is 29.4. The van der Waals surface area contributed by atoms with E-state index < -0.39 is 5.41 Å². The first-order valence-corrected chi connectivity index (χ1v) is 34.1. The number of piperazine rings is 3. The molecule has 20 heteroatoms. The van der Waals surface area contributed by atoms with Gasteiger partial charge in [0.2, 0.25) is 0 Å². The number of thioether (sulfide) groups is 3. The van der Waals surface area contributed by atoms with Gasteiger partial charge in [-0.15, -0.1) is 23.5 Å². The Bertz CT molecular complexity index is 3110. The minimum Gasteiger partial charge on any atom is -0.493 e. The van der Waals surface area contributed by atoms with Gasteiger partial charge >= 0.3 is 0 Å². The van der Waals surface area contributed by atoms with Gasteiger partial charge in [0.25, 0.3) is 17.7 Å². The first-order chi connectivity index (χ1) is 41.2. The van der Waals surface area contributed by atoms with E-state index >= 15 is 0 Å². The number of fused-ring (bicyclic) bond motifs is 2. The van der Waals surface area contributed by atoms with Crippen molar-refractivity contribution in [2.24, 2.45) is 4.99 Å². The van der Waals surface area contributed by atoms with Crippen molar-refractivity contribution in [3.8, 4) is 11.8 Å². The maximum atomic E-state index is 12.9. The van der Waals surface area contributed by atoms with Crippen molar-refractivity contribution in [1.82, 2.24) is 39.2 Å².